The van der Waals surface area contributed by atoms with Gasteiger partial charge in [0.15, 0.2) is 0 Å². The molecule has 0 heterocycles. The fourth-order valence-corrected chi connectivity index (χ4v) is 1.73. The van der Waals surface area contributed by atoms with Crippen molar-refractivity contribution in [2.24, 2.45) is 5.92 Å². The van der Waals surface area contributed by atoms with E-state index >= 15 is 0 Å². The molecular weight excluding hydrogens is 232 g/mol. The molecule has 0 aliphatic carbocycles. The quantitative estimate of drug-likeness (QED) is 0.661. The minimum Gasteiger partial charge on any atom is -0.467 e. The third-order valence-electron chi connectivity index (χ3n) is 3.02. The Bertz CT molecular complexity index is 269. The van der Waals surface area contributed by atoms with Crippen LogP contribution in [-0.4, -0.2) is 49.6 Å². The molecule has 106 valence electrons. The van der Waals surface area contributed by atoms with Gasteiger partial charge in [-0.05, 0) is 12.5 Å². The summed E-state index contributed by atoms with van der Waals surface area (Å²) in [6.45, 7) is 10.0. The Morgan fingerprint density at radius 1 is 1.28 bits per heavy atom. The van der Waals surface area contributed by atoms with Crippen LogP contribution in [0.25, 0.3) is 0 Å². The van der Waals surface area contributed by atoms with Gasteiger partial charge in [0, 0.05) is 20.0 Å². The smallest absolute Gasteiger partial charge is 0.329 e. The molecule has 1 N–H and O–H groups in total. The summed E-state index contributed by atoms with van der Waals surface area (Å²) in [5.41, 5.74) is 0. The zero-order valence-corrected chi connectivity index (χ0v) is 12.2. The zero-order valence-electron chi connectivity index (χ0n) is 12.2. The number of carbonyl (C=O) groups is 2. The summed E-state index contributed by atoms with van der Waals surface area (Å²) in [6, 6.07) is -0.587. The van der Waals surface area contributed by atoms with Crippen LogP contribution in [0.3, 0.4) is 0 Å². The lowest BCUT2D eigenvalue weighted by molar-refractivity contribution is -0.145. The zero-order chi connectivity index (χ0) is 14.1. The number of nitrogens with zero attached hydrogens (tertiary/aromatic N) is 1. The van der Waals surface area contributed by atoms with E-state index in [1.54, 1.807) is 0 Å². The molecule has 0 saturated carbocycles. The average molecular weight is 258 g/mol. The number of likely N-dealkylation sites (N-methyl/N-ethyl adjacent to an activating group) is 1. The second kappa shape index (κ2) is 8.91. The molecule has 0 fully saturated rings. The summed E-state index contributed by atoms with van der Waals surface area (Å²) < 4.78 is 4.71. The number of hydrogen-bond donors (Lipinski definition) is 1. The number of nitrogens with one attached hydrogen (secondary N) is 1. The molecule has 0 bridgehead atoms. The molecule has 0 aromatic rings. The Labute approximate surface area is 110 Å². The molecule has 0 radical (unpaired) electrons. The number of rotatable bonds is 8. The number of amides is 1. The highest BCUT2D eigenvalue weighted by molar-refractivity contribution is 5.83. The number of hydrogen-bond acceptors (Lipinski definition) is 4. The Kier molecular flexibility index (Phi) is 8.37. The van der Waals surface area contributed by atoms with E-state index < -0.39 is 12.0 Å². The number of esters is 1. The van der Waals surface area contributed by atoms with Gasteiger partial charge in [0.25, 0.3) is 0 Å². The van der Waals surface area contributed by atoms with Gasteiger partial charge in [0.05, 0.1) is 7.11 Å². The van der Waals surface area contributed by atoms with Crippen LogP contribution in [-0.2, 0) is 14.3 Å². The third-order valence-corrected chi connectivity index (χ3v) is 3.02. The van der Waals surface area contributed by atoms with Gasteiger partial charge in [-0.3, -0.25) is 4.79 Å². The topological polar surface area (TPSA) is 58.6 Å². The van der Waals surface area contributed by atoms with Crippen molar-refractivity contribution in [3.05, 3.63) is 0 Å². The normalized spacial score (nSPS) is 14.1. The maximum Gasteiger partial charge on any atom is 0.329 e. The van der Waals surface area contributed by atoms with Crippen LogP contribution in [0.15, 0.2) is 0 Å². The van der Waals surface area contributed by atoms with Gasteiger partial charge in [0.1, 0.15) is 6.04 Å². The highest BCUT2D eigenvalue weighted by Gasteiger charge is 2.23. The van der Waals surface area contributed by atoms with Crippen LogP contribution in [0.5, 0.6) is 0 Å². The van der Waals surface area contributed by atoms with Gasteiger partial charge in [-0.25, -0.2) is 4.79 Å². The minimum absolute atomic E-state index is 0.218. The second-order valence-electron chi connectivity index (χ2n) is 4.64. The predicted molar refractivity (Wildman–Crippen MR) is 71.2 cm³/mol. The van der Waals surface area contributed by atoms with Crippen molar-refractivity contribution in [1.82, 2.24) is 10.2 Å². The van der Waals surface area contributed by atoms with Crippen molar-refractivity contribution in [1.29, 1.82) is 0 Å². The lowest BCUT2D eigenvalue weighted by Crippen LogP contribution is -2.49. The Morgan fingerprint density at radius 2 is 1.89 bits per heavy atom. The summed E-state index contributed by atoms with van der Waals surface area (Å²) in [5, 5.41) is 2.63. The van der Waals surface area contributed by atoms with Crippen molar-refractivity contribution >= 4 is 11.9 Å². The SMILES string of the molecule is CCC(C)CN(CC)CC(NC(C)=O)C(=O)OC. The predicted octanol–water partition coefficient (Wildman–Crippen LogP) is 1.03. The summed E-state index contributed by atoms with van der Waals surface area (Å²) in [4.78, 5) is 24.8. The monoisotopic (exact) mass is 258 g/mol. The van der Waals surface area contributed by atoms with Crippen molar-refractivity contribution < 1.29 is 14.3 Å². The molecule has 18 heavy (non-hydrogen) atoms. The fourth-order valence-electron chi connectivity index (χ4n) is 1.73. The third kappa shape index (κ3) is 6.59. The number of carbonyl (C=O) groups excluding carboxylic acids is 2. The molecule has 2 unspecified atom stereocenters. The molecule has 2 atom stereocenters. The lowest BCUT2D eigenvalue weighted by atomic mass is 10.1. The van der Waals surface area contributed by atoms with Crippen LogP contribution in [0.2, 0.25) is 0 Å². The standard InChI is InChI=1S/C13H26N2O3/c1-6-10(3)8-15(7-2)9-12(13(17)18-5)14-11(4)16/h10,12H,6-9H2,1-5H3,(H,14,16). The van der Waals surface area contributed by atoms with Gasteiger partial charge in [-0.1, -0.05) is 27.2 Å². The summed E-state index contributed by atoms with van der Waals surface area (Å²) in [7, 11) is 1.34. The molecule has 0 aliphatic rings. The molecule has 0 rings (SSSR count). The van der Waals surface area contributed by atoms with Crippen LogP contribution >= 0.6 is 0 Å². The highest BCUT2D eigenvalue weighted by atomic mass is 16.5. The Morgan fingerprint density at radius 3 is 2.28 bits per heavy atom. The molecule has 0 spiro atoms. The molecule has 5 nitrogen and oxygen atoms in total. The van der Waals surface area contributed by atoms with Crippen LogP contribution < -0.4 is 5.32 Å². The van der Waals surface area contributed by atoms with Gasteiger partial charge < -0.3 is 15.0 Å². The largest absolute Gasteiger partial charge is 0.467 e. The highest BCUT2D eigenvalue weighted by Crippen LogP contribution is 2.05. The van der Waals surface area contributed by atoms with E-state index in [2.05, 4.69) is 24.1 Å². The summed E-state index contributed by atoms with van der Waals surface area (Å²) >= 11 is 0. The first-order valence-corrected chi connectivity index (χ1v) is 6.51. The van der Waals surface area contributed by atoms with Gasteiger partial charge in [-0.15, -0.1) is 0 Å². The van der Waals surface area contributed by atoms with E-state index in [4.69, 9.17) is 4.74 Å². The van der Waals surface area contributed by atoms with Gasteiger partial charge in [0.2, 0.25) is 5.91 Å². The Balaban J connectivity index is 4.51. The van der Waals surface area contributed by atoms with E-state index in [0.717, 1.165) is 19.5 Å². The minimum atomic E-state index is -0.587. The summed E-state index contributed by atoms with van der Waals surface area (Å²) in [6.07, 6.45) is 1.10. The molecule has 0 aromatic heterocycles. The van der Waals surface area contributed by atoms with Crippen LogP contribution in [0.1, 0.15) is 34.1 Å². The summed E-state index contributed by atoms with van der Waals surface area (Å²) in [5.74, 6) is -0.0432. The first-order chi connectivity index (χ1) is 8.44. The average Bonchev–Trinajstić information content (AvgIpc) is 2.34. The van der Waals surface area contributed by atoms with E-state index in [9.17, 15) is 9.59 Å². The first kappa shape index (κ1) is 16.9. The van der Waals surface area contributed by atoms with Gasteiger partial charge in [-0.2, -0.15) is 0 Å². The number of ether oxygens (including phenoxy) is 1. The maximum atomic E-state index is 11.6. The van der Waals surface area contributed by atoms with E-state index in [1.807, 2.05) is 6.92 Å². The second-order valence-corrected chi connectivity index (χ2v) is 4.64. The molecule has 5 heteroatoms. The molecule has 0 aliphatic heterocycles. The molecule has 0 aromatic carbocycles. The van der Waals surface area contributed by atoms with Gasteiger partial charge >= 0.3 is 5.97 Å². The Hall–Kier alpha value is -1.10. The maximum absolute atomic E-state index is 11.6. The molecule has 1 amide bonds. The lowest BCUT2D eigenvalue weighted by Gasteiger charge is -2.27. The molecular formula is C13H26N2O3. The van der Waals surface area contributed by atoms with Crippen molar-refractivity contribution in [3.8, 4) is 0 Å². The van der Waals surface area contributed by atoms with Crippen molar-refractivity contribution in [2.75, 3.05) is 26.7 Å². The fraction of sp³-hybridized carbons (Fsp3) is 0.846. The first-order valence-electron chi connectivity index (χ1n) is 6.51. The number of methoxy groups -OCH3 is 1. The van der Waals surface area contributed by atoms with Crippen molar-refractivity contribution in [2.45, 2.75) is 40.2 Å². The van der Waals surface area contributed by atoms with E-state index in [1.165, 1.54) is 14.0 Å². The van der Waals surface area contributed by atoms with Crippen LogP contribution in [0, 0.1) is 5.92 Å². The van der Waals surface area contributed by atoms with E-state index in [-0.39, 0.29) is 5.91 Å². The van der Waals surface area contributed by atoms with Crippen LogP contribution in [0.4, 0.5) is 0 Å². The van der Waals surface area contributed by atoms with Crippen molar-refractivity contribution in [3.63, 3.8) is 0 Å². The molecule has 0 saturated heterocycles. The van der Waals surface area contributed by atoms with E-state index in [0.29, 0.717) is 12.5 Å².